The number of halogens is 3. The third-order valence-electron chi connectivity index (χ3n) is 4.47. The van der Waals surface area contributed by atoms with Crippen molar-refractivity contribution in [1.29, 1.82) is 0 Å². The van der Waals surface area contributed by atoms with E-state index in [0.717, 1.165) is 12.1 Å². The molecule has 0 aliphatic rings. The Morgan fingerprint density at radius 1 is 0.938 bits per heavy atom. The molecule has 0 atom stereocenters. The van der Waals surface area contributed by atoms with Crippen LogP contribution in [0.4, 0.5) is 24.5 Å². The van der Waals surface area contributed by atoms with Crippen molar-refractivity contribution in [2.24, 2.45) is 0 Å². The molecule has 0 fully saturated rings. The molecule has 0 saturated carbocycles. The van der Waals surface area contributed by atoms with Gasteiger partial charge in [-0.15, -0.1) is 11.3 Å². The van der Waals surface area contributed by atoms with Crippen molar-refractivity contribution < 1.29 is 22.8 Å². The fraction of sp³-hybridized carbons (Fsp3) is 0.0455. The zero-order chi connectivity index (χ0) is 22.7. The van der Waals surface area contributed by atoms with Crippen LogP contribution in [0.1, 0.15) is 25.6 Å². The molecule has 2 heterocycles. The minimum absolute atomic E-state index is 0.0383. The van der Waals surface area contributed by atoms with E-state index in [4.69, 9.17) is 0 Å². The molecule has 4 rings (SSSR count). The second-order valence-electron chi connectivity index (χ2n) is 6.64. The number of nitrogens with one attached hydrogen (secondary N) is 2. The predicted molar refractivity (Wildman–Crippen MR) is 115 cm³/mol. The van der Waals surface area contributed by atoms with E-state index < -0.39 is 17.6 Å². The average Bonchev–Trinajstić information content (AvgIpc) is 3.48. The molecule has 2 amide bonds. The molecule has 0 spiro atoms. The molecule has 0 bridgehead atoms. The molecule has 6 nitrogen and oxygen atoms in total. The van der Waals surface area contributed by atoms with Gasteiger partial charge in [0.1, 0.15) is 0 Å². The highest BCUT2D eigenvalue weighted by atomic mass is 32.1. The highest BCUT2D eigenvalue weighted by molar-refractivity contribution is 7.12. The molecule has 2 N–H and O–H groups in total. The largest absolute Gasteiger partial charge is 0.416 e. The van der Waals surface area contributed by atoms with Gasteiger partial charge in [0.05, 0.1) is 21.8 Å². The molecular formula is C22H15F3N4O2S. The summed E-state index contributed by atoms with van der Waals surface area (Å²) < 4.78 is 40.9. The summed E-state index contributed by atoms with van der Waals surface area (Å²) in [5.41, 5.74) is 0.0503. The van der Waals surface area contributed by atoms with Crippen LogP contribution < -0.4 is 10.6 Å². The van der Waals surface area contributed by atoms with E-state index in [-0.39, 0.29) is 22.8 Å². The third-order valence-corrected chi connectivity index (χ3v) is 5.34. The summed E-state index contributed by atoms with van der Waals surface area (Å²) in [6.07, 6.45) is -1.53. The highest BCUT2D eigenvalue weighted by Gasteiger charge is 2.31. The second-order valence-corrected chi connectivity index (χ2v) is 7.59. The van der Waals surface area contributed by atoms with Crippen molar-refractivity contribution in [1.82, 2.24) is 9.78 Å². The summed E-state index contributed by atoms with van der Waals surface area (Å²) in [5.74, 6) is -0.876. The Morgan fingerprint density at radius 3 is 2.34 bits per heavy atom. The first-order valence-electron chi connectivity index (χ1n) is 9.29. The minimum atomic E-state index is -4.56. The molecule has 2 aromatic carbocycles. The monoisotopic (exact) mass is 456 g/mol. The van der Waals surface area contributed by atoms with E-state index in [2.05, 4.69) is 15.7 Å². The normalized spacial score (nSPS) is 11.2. The summed E-state index contributed by atoms with van der Waals surface area (Å²) in [4.78, 5) is 25.4. The van der Waals surface area contributed by atoms with Gasteiger partial charge in [-0.2, -0.15) is 18.3 Å². The fourth-order valence-corrected chi connectivity index (χ4v) is 3.54. The van der Waals surface area contributed by atoms with Crippen LogP contribution in [0, 0.1) is 0 Å². The Kier molecular flexibility index (Phi) is 5.78. The first-order valence-corrected chi connectivity index (χ1v) is 10.2. The number of nitrogens with zero attached hydrogens (tertiary/aromatic N) is 2. The standard InChI is InChI=1S/C22H15F3N4O2S/c23-22(24,25)15-6-9-18(29-11-2-10-26-29)17(13-15)28-20(30)14-4-7-16(8-5-14)27-21(31)19-3-1-12-32-19/h1-13H,(H,27,31)(H,28,30). The van der Waals surface area contributed by atoms with Gasteiger partial charge in [-0.25, -0.2) is 4.68 Å². The summed E-state index contributed by atoms with van der Waals surface area (Å²) in [6, 6.07) is 14.1. The first kappa shape index (κ1) is 21.3. The van der Waals surface area contributed by atoms with Gasteiger partial charge < -0.3 is 10.6 Å². The molecule has 32 heavy (non-hydrogen) atoms. The van der Waals surface area contributed by atoms with Gasteiger partial charge in [-0.1, -0.05) is 6.07 Å². The van der Waals surface area contributed by atoms with Crippen LogP contribution in [-0.4, -0.2) is 21.6 Å². The molecule has 0 radical (unpaired) electrons. The van der Waals surface area contributed by atoms with Crippen LogP contribution in [0.2, 0.25) is 0 Å². The summed E-state index contributed by atoms with van der Waals surface area (Å²) >= 11 is 1.30. The molecule has 0 unspecified atom stereocenters. The van der Waals surface area contributed by atoms with E-state index in [1.807, 2.05) is 0 Å². The maximum Gasteiger partial charge on any atom is 0.416 e. The number of alkyl halides is 3. The lowest BCUT2D eigenvalue weighted by molar-refractivity contribution is -0.137. The molecule has 4 aromatic rings. The summed E-state index contributed by atoms with van der Waals surface area (Å²) in [6.45, 7) is 0. The highest BCUT2D eigenvalue weighted by Crippen LogP contribution is 2.33. The lowest BCUT2D eigenvalue weighted by atomic mass is 10.1. The Bertz CT molecular complexity index is 1240. The number of aromatic nitrogens is 2. The van der Waals surface area contributed by atoms with Gasteiger partial charge in [0, 0.05) is 23.6 Å². The second kappa shape index (κ2) is 8.67. The molecule has 0 aliphatic heterocycles. The van der Waals surface area contributed by atoms with E-state index in [1.165, 1.54) is 40.4 Å². The quantitative estimate of drug-likeness (QED) is 0.419. The number of anilines is 2. The van der Waals surface area contributed by atoms with Crippen LogP contribution in [-0.2, 0) is 6.18 Å². The fourth-order valence-electron chi connectivity index (χ4n) is 2.92. The van der Waals surface area contributed by atoms with Crippen LogP contribution in [0.3, 0.4) is 0 Å². The van der Waals surface area contributed by atoms with Gasteiger partial charge in [0.25, 0.3) is 11.8 Å². The first-order chi connectivity index (χ1) is 15.3. The molecule has 162 valence electrons. The topological polar surface area (TPSA) is 76.0 Å². The SMILES string of the molecule is O=C(Nc1cc(C(F)(F)F)ccc1-n1cccn1)c1ccc(NC(=O)c2cccs2)cc1. The summed E-state index contributed by atoms with van der Waals surface area (Å²) in [7, 11) is 0. The number of hydrogen-bond acceptors (Lipinski definition) is 4. The maximum absolute atomic E-state index is 13.2. The van der Waals surface area contributed by atoms with E-state index in [9.17, 15) is 22.8 Å². The maximum atomic E-state index is 13.2. The van der Waals surface area contributed by atoms with Gasteiger partial charge >= 0.3 is 6.18 Å². The van der Waals surface area contributed by atoms with E-state index in [1.54, 1.807) is 41.9 Å². The molecule has 0 aliphatic carbocycles. The minimum Gasteiger partial charge on any atom is -0.321 e. The van der Waals surface area contributed by atoms with Crippen molar-refractivity contribution >= 4 is 34.5 Å². The lowest BCUT2D eigenvalue weighted by Crippen LogP contribution is -2.16. The Labute approximate surface area is 184 Å². The third kappa shape index (κ3) is 4.70. The molecule has 0 saturated heterocycles. The Hall–Kier alpha value is -3.92. The summed E-state index contributed by atoms with van der Waals surface area (Å²) in [5, 5.41) is 11.0. The van der Waals surface area contributed by atoms with Crippen molar-refractivity contribution in [3.05, 3.63) is 94.4 Å². The predicted octanol–water partition coefficient (Wildman–Crippen LogP) is 5.46. The Balaban J connectivity index is 1.55. The number of benzene rings is 2. The zero-order valence-corrected chi connectivity index (χ0v) is 17.1. The van der Waals surface area contributed by atoms with Crippen LogP contribution in [0.5, 0.6) is 0 Å². The Morgan fingerprint density at radius 2 is 1.72 bits per heavy atom. The smallest absolute Gasteiger partial charge is 0.321 e. The number of hydrogen-bond donors (Lipinski definition) is 2. The van der Waals surface area contributed by atoms with Crippen molar-refractivity contribution in [2.75, 3.05) is 10.6 Å². The number of carbonyl (C=O) groups is 2. The average molecular weight is 456 g/mol. The van der Waals surface area contributed by atoms with Gasteiger partial charge in [-0.3, -0.25) is 9.59 Å². The van der Waals surface area contributed by atoms with Gasteiger partial charge in [0.2, 0.25) is 0 Å². The molecule has 10 heteroatoms. The number of thiophene rings is 1. The van der Waals surface area contributed by atoms with Gasteiger partial charge in [-0.05, 0) is 60.0 Å². The number of amides is 2. The van der Waals surface area contributed by atoms with Crippen molar-refractivity contribution in [3.8, 4) is 5.69 Å². The lowest BCUT2D eigenvalue weighted by Gasteiger charge is -2.15. The van der Waals surface area contributed by atoms with Crippen molar-refractivity contribution in [3.63, 3.8) is 0 Å². The van der Waals surface area contributed by atoms with Crippen LogP contribution in [0.15, 0.2) is 78.4 Å². The van der Waals surface area contributed by atoms with E-state index >= 15 is 0 Å². The number of carbonyl (C=O) groups excluding carboxylic acids is 2. The number of rotatable bonds is 5. The van der Waals surface area contributed by atoms with Crippen LogP contribution in [0.25, 0.3) is 5.69 Å². The van der Waals surface area contributed by atoms with Crippen LogP contribution >= 0.6 is 11.3 Å². The van der Waals surface area contributed by atoms with Crippen molar-refractivity contribution in [2.45, 2.75) is 6.18 Å². The zero-order valence-electron chi connectivity index (χ0n) is 16.3. The molecular weight excluding hydrogens is 441 g/mol. The van der Waals surface area contributed by atoms with E-state index in [0.29, 0.717) is 10.6 Å². The molecule has 2 aromatic heterocycles. The van der Waals surface area contributed by atoms with Gasteiger partial charge in [0.15, 0.2) is 0 Å².